The summed E-state index contributed by atoms with van der Waals surface area (Å²) < 4.78 is 1.56. The molecule has 2 heterocycles. The first-order valence-electron chi connectivity index (χ1n) is 4.74. The molecule has 16 heavy (non-hydrogen) atoms. The number of rotatable bonds is 2. The molecule has 80 valence electrons. The van der Waals surface area contributed by atoms with Crippen LogP contribution in [0.4, 0.5) is 0 Å². The van der Waals surface area contributed by atoms with E-state index in [-0.39, 0.29) is 6.04 Å². The number of nitrogens with zero attached hydrogens (tertiary/aromatic N) is 5. The summed E-state index contributed by atoms with van der Waals surface area (Å²) in [5.74, 6) is 1.24. The molecule has 1 unspecified atom stereocenters. The summed E-state index contributed by atoms with van der Waals surface area (Å²) in [5.41, 5.74) is 6.25. The third-order valence-electron chi connectivity index (χ3n) is 2.08. The highest BCUT2D eigenvalue weighted by molar-refractivity contribution is 5.32. The molecule has 1 atom stereocenters. The minimum atomic E-state index is -0.222. The zero-order valence-electron chi connectivity index (χ0n) is 8.70. The Morgan fingerprint density at radius 3 is 2.81 bits per heavy atom. The fraction of sp³-hybridized carbons (Fsp3) is 0.200. The van der Waals surface area contributed by atoms with Crippen molar-refractivity contribution >= 4 is 0 Å². The molecule has 0 spiro atoms. The van der Waals surface area contributed by atoms with Crippen molar-refractivity contribution in [3.8, 4) is 11.9 Å². The highest BCUT2D eigenvalue weighted by atomic mass is 15.4. The molecule has 6 nitrogen and oxygen atoms in total. The molecule has 0 radical (unpaired) electrons. The summed E-state index contributed by atoms with van der Waals surface area (Å²) >= 11 is 0. The molecule has 0 aliphatic carbocycles. The van der Waals surface area contributed by atoms with Gasteiger partial charge in [-0.15, -0.1) is 0 Å². The van der Waals surface area contributed by atoms with E-state index in [4.69, 9.17) is 11.0 Å². The normalized spacial score (nSPS) is 12.1. The minimum Gasteiger partial charge on any atom is -0.322 e. The first-order valence-corrected chi connectivity index (χ1v) is 4.74. The fourth-order valence-corrected chi connectivity index (χ4v) is 1.31. The molecule has 2 aromatic heterocycles. The number of pyridine rings is 1. The van der Waals surface area contributed by atoms with Crippen LogP contribution in [-0.2, 0) is 0 Å². The lowest BCUT2D eigenvalue weighted by Crippen LogP contribution is -2.14. The largest absolute Gasteiger partial charge is 0.322 e. The van der Waals surface area contributed by atoms with Gasteiger partial charge in [0, 0.05) is 6.20 Å². The number of aromatic nitrogens is 4. The fourth-order valence-electron chi connectivity index (χ4n) is 1.31. The molecule has 0 bridgehead atoms. The van der Waals surface area contributed by atoms with Crippen LogP contribution in [0, 0.1) is 11.3 Å². The van der Waals surface area contributed by atoms with Crippen molar-refractivity contribution in [1.82, 2.24) is 19.7 Å². The maximum atomic E-state index is 8.66. The minimum absolute atomic E-state index is 0.222. The first-order chi connectivity index (χ1) is 7.72. The topological polar surface area (TPSA) is 93.4 Å². The van der Waals surface area contributed by atoms with Gasteiger partial charge < -0.3 is 5.73 Å². The van der Waals surface area contributed by atoms with E-state index in [1.165, 1.54) is 12.5 Å². The van der Waals surface area contributed by atoms with E-state index in [1.807, 2.05) is 13.0 Å². The van der Waals surface area contributed by atoms with Crippen molar-refractivity contribution < 1.29 is 0 Å². The van der Waals surface area contributed by atoms with Crippen LogP contribution in [0.5, 0.6) is 0 Å². The van der Waals surface area contributed by atoms with E-state index in [9.17, 15) is 0 Å². The standard InChI is InChI=1S/C10H10N6/c1-7(12)10-14-6-15-16(10)9-3-2-8(4-11)5-13-9/h2-3,5-7H,12H2,1H3. The molecule has 2 rings (SSSR count). The second kappa shape index (κ2) is 4.08. The quantitative estimate of drug-likeness (QED) is 0.788. The van der Waals surface area contributed by atoms with E-state index in [0.29, 0.717) is 17.2 Å². The highest BCUT2D eigenvalue weighted by Crippen LogP contribution is 2.10. The van der Waals surface area contributed by atoms with Crippen LogP contribution in [0.2, 0.25) is 0 Å². The molecule has 0 fully saturated rings. The van der Waals surface area contributed by atoms with Crippen LogP contribution in [0.1, 0.15) is 24.4 Å². The predicted octanol–water partition coefficient (Wildman–Crippen LogP) is 0.554. The number of nitriles is 1. The number of hydrogen-bond donors (Lipinski definition) is 1. The second-order valence-electron chi connectivity index (χ2n) is 3.34. The lowest BCUT2D eigenvalue weighted by atomic mass is 10.3. The van der Waals surface area contributed by atoms with Crippen LogP contribution < -0.4 is 5.73 Å². The van der Waals surface area contributed by atoms with Gasteiger partial charge in [0.15, 0.2) is 11.6 Å². The molecule has 0 amide bonds. The Kier molecular flexibility index (Phi) is 2.62. The number of hydrogen-bond acceptors (Lipinski definition) is 5. The van der Waals surface area contributed by atoms with Gasteiger partial charge in [0.2, 0.25) is 0 Å². The third-order valence-corrected chi connectivity index (χ3v) is 2.08. The summed E-state index contributed by atoms with van der Waals surface area (Å²) in [5, 5.41) is 12.7. The summed E-state index contributed by atoms with van der Waals surface area (Å²) in [4.78, 5) is 8.17. The van der Waals surface area contributed by atoms with Crippen molar-refractivity contribution in [2.45, 2.75) is 13.0 Å². The molecule has 0 saturated heterocycles. The number of nitrogens with two attached hydrogens (primary N) is 1. The molecule has 6 heteroatoms. The maximum Gasteiger partial charge on any atom is 0.155 e. The monoisotopic (exact) mass is 214 g/mol. The van der Waals surface area contributed by atoms with E-state index >= 15 is 0 Å². The van der Waals surface area contributed by atoms with Crippen LogP contribution in [0.25, 0.3) is 5.82 Å². The SMILES string of the molecule is CC(N)c1ncnn1-c1ccc(C#N)cn1. The molecule has 2 N–H and O–H groups in total. The van der Waals surface area contributed by atoms with Gasteiger partial charge >= 0.3 is 0 Å². The van der Waals surface area contributed by atoms with Crippen molar-refractivity contribution in [2.24, 2.45) is 5.73 Å². The Hall–Kier alpha value is -2.26. The Morgan fingerprint density at radius 1 is 1.44 bits per heavy atom. The van der Waals surface area contributed by atoms with Crippen molar-refractivity contribution in [3.05, 3.63) is 36.0 Å². The Bertz CT molecular complexity index is 519. The first kappa shape index (κ1) is 10.3. The van der Waals surface area contributed by atoms with E-state index in [1.54, 1.807) is 16.8 Å². The third kappa shape index (κ3) is 1.76. The zero-order chi connectivity index (χ0) is 11.5. The van der Waals surface area contributed by atoms with E-state index < -0.39 is 0 Å². The molecule has 0 saturated carbocycles. The van der Waals surface area contributed by atoms with E-state index in [0.717, 1.165) is 0 Å². The zero-order valence-corrected chi connectivity index (χ0v) is 8.70. The molecular weight excluding hydrogens is 204 g/mol. The molecular formula is C10H10N6. The molecule has 0 aromatic carbocycles. The molecule has 0 aliphatic heterocycles. The van der Waals surface area contributed by atoms with Crippen LogP contribution in [-0.4, -0.2) is 19.7 Å². The van der Waals surface area contributed by atoms with Gasteiger partial charge in [-0.05, 0) is 19.1 Å². The summed E-state index contributed by atoms with van der Waals surface area (Å²) in [6.07, 6.45) is 2.92. The van der Waals surface area contributed by atoms with Gasteiger partial charge in [0.25, 0.3) is 0 Å². The van der Waals surface area contributed by atoms with Crippen molar-refractivity contribution in [3.63, 3.8) is 0 Å². The highest BCUT2D eigenvalue weighted by Gasteiger charge is 2.11. The summed E-state index contributed by atoms with van der Waals surface area (Å²) in [7, 11) is 0. The molecule has 2 aromatic rings. The van der Waals surface area contributed by atoms with E-state index in [2.05, 4.69) is 15.1 Å². The second-order valence-corrected chi connectivity index (χ2v) is 3.34. The Labute approximate surface area is 92.4 Å². The van der Waals surface area contributed by atoms with Gasteiger partial charge in [-0.2, -0.15) is 15.0 Å². The van der Waals surface area contributed by atoms with Gasteiger partial charge in [-0.25, -0.2) is 9.97 Å². The average molecular weight is 214 g/mol. The summed E-state index contributed by atoms with van der Waals surface area (Å²) in [6.45, 7) is 1.82. The van der Waals surface area contributed by atoms with Crippen LogP contribution in [0.3, 0.4) is 0 Å². The molecule has 0 aliphatic rings. The Morgan fingerprint density at radius 2 is 2.25 bits per heavy atom. The van der Waals surface area contributed by atoms with Gasteiger partial charge in [0.05, 0.1) is 11.6 Å². The smallest absolute Gasteiger partial charge is 0.155 e. The van der Waals surface area contributed by atoms with Crippen LogP contribution in [0.15, 0.2) is 24.7 Å². The van der Waals surface area contributed by atoms with Crippen molar-refractivity contribution in [1.29, 1.82) is 5.26 Å². The van der Waals surface area contributed by atoms with Gasteiger partial charge in [0.1, 0.15) is 12.4 Å². The average Bonchev–Trinajstić information content (AvgIpc) is 2.78. The summed E-state index contributed by atoms with van der Waals surface area (Å²) in [6, 6.07) is 5.17. The van der Waals surface area contributed by atoms with Gasteiger partial charge in [-0.3, -0.25) is 0 Å². The Balaban J connectivity index is 2.43. The lowest BCUT2D eigenvalue weighted by molar-refractivity contribution is 0.681. The van der Waals surface area contributed by atoms with Gasteiger partial charge in [-0.1, -0.05) is 0 Å². The maximum absolute atomic E-state index is 8.66. The predicted molar refractivity (Wildman–Crippen MR) is 56.5 cm³/mol. The lowest BCUT2D eigenvalue weighted by Gasteiger charge is -2.06. The van der Waals surface area contributed by atoms with Crippen molar-refractivity contribution in [2.75, 3.05) is 0 Å². The van der Waals surface area contributed by atoms with Crippen LogP contribution >= 0.6 is 0 Å².